The van der Waals surface area contributed by atoms with Crippen molar-refractivity contribution in [3.05, 3.63) is 41.5 Å². The lowest BCUT2D eigenvalue weighted by Crippen LogP contribution is -2.10. The van der Waals surface area contributed by atoms with Gasteiger partial charge in [0.1, 0.15) is 0 Å². The Morgan fingerprint density at radius 1 is 1.40 bits per heavy atom. The van der Waals surface area contributed by atoms with Gasteiger partial charge < -0.3 is 9.47 Å². The average molecular weight is 204 g/mol. The maximum Gasteiger partial charge on any atom is 0.330 e. The van der Waals surface area contributed by atoms with E-state index < -0.39 is 0 Å². The molecule has 0 atom stereocenters. The zero-order valence-corrected chi connectivity index (χ0v) is 8.53. The van der Waals surface area contributed by atoms with E-state index in [2.05, 4.69) is 4.74 Å². The summed E-state index contributed by atoms with van der Waals surface area (Å²) in [5, 5.41) is 0. The Balaban J connectivity index is 2.37. The van der Waals surface area contributed by atoms with Crippen molar-refractivity contribution in [2.45, 2.75) is 6.61 Å². The van der Waals surface area contributed by atoms with Crippen molar-refractivity contribution in [1.29, 1.82) is 0 Å². The standard InChI is InChI=1S/C12H12O3/c1-14-12(13)6-10-8-15-7-9-4-2-3-5-11(9)10/h2-6H,7-8H2,1H3/b10-6-. The van der Waals surface area contributed by atoms with Gasteiger partial charge in [0.2, 0.25) is 0 Å². The molecule has 15 heavy (non-hydrogen) atoms. The van der Waals surface area contributed by atoms with Gasteiger partial charge in [-0.1, -0.05) is 24.3 Å². The molecule has 3 nitrogen and oxygen atoms in total. The minimum atomic E-state index is -0.342. The number of rotatable bonds is 1. The molecule has 1 aromatic carbocycles. The summed E-state index contributed by atoms with van der Waals surface area (Å²) in [7, 11) is 1.37. The molecular formula is C12H12O3. The van der Waals surface area contributed by atoms with Crippen LogP contribution in [0.15, 0.2) is 30.3 Å². The van der Waals surface area contributed by atoms with Gasteiger partial charge in [-0.05, 0) is 16.7 Å². The van der Waals surface area contributed by atoms with E-state index in [1.54, 1.807) is 0 Å². The quantitative estimate of drug-likeness (QED) is 0.516. The Hall–Kier alpha value is -1.61. The van der Waals surface area contributed by atoms with Crippen LogP contribution in [0.5, 0.6) is 0 Å². The normalized spacial score (nSPS) is 17.3. The first kappa shape index (κ1) is 9.93. The number of methoxy groups -OCH3 is 1. The van der Waals surface area contributed by atoms with Crippen LogP contribution in [0.25, 0.3) is 5.57 Å². The van der Waals surface area contributed by atoms with Gasteiger partial charge in [0, 0.05) is 6.08 Å². The maximum absolute atomic E-state index is 11.1. The molecule has 1 aromatic rings. The molecule has 1 heterocycles. The minimum absolute atomic E-state index is 0.342. The number of fused-ring (bicyclic) bond motifs is 1. The van der Waals surface area contributed by atoms with Crippen molar-refractivity contribution in [2.75, 3.05) is 13.7 Å². The van der Waals surface area contributed by atoms with E-state index in [4.69, 9.17) is 4.74 Å². The molecule has 0 spiro atoms. The van der Waals surface area contributed by atoms with Crippen LogP contribution in [0.1, 0.15) is 11.1 Å². The number of hydrogen-bond donors (Lipinski definition) is 0. The topological polar surface area (TPSA) is 35.5 Å². The first-order valence-electron chi connectivity index (χ1n) is 4.76. The van der Waals surface area contributed by atoms with Gasteiger partial charge in [-0.3, -0.25) is 0 Å². The third-order valence-corrected chi connectivity index (χ3v) is 2.37. The monoisotopic (exact) mass is 204 g/mol. The highest BCUT2D eigenvalue weighted by Gasteiger charge is 2.14. The van der Waals surface area contributed by atoms with Crippen LogP contribution in [0.2, 0.25) is 0 Å². The third kappa shape index (κ3) is 2.07. The van der Waals surface area contributed by atoms with Crippen molar-refractivity contribution in [3.8, 4) is 0 Å². The maximum atomic E-state index is 11.1. The zero-order chi connectivity index (χ0) is 10.7. The fourth-order valence-electron chi connectivity index (χ4n) is 1.63. The zero-order valence-electron chi connectivity index (χ0n) is 8.53. The van der Waals surface area contributed by atoms with Crippen molar-refractivity contribution in [2.24, 2.45) is 0 Å². The number of hydrogen-bond acceptors (Lipinski definition) is 3. The molecule has 1 aliphatic heterocycles. The molecule has 0 bridgehead atoms. The van der Waals surface area contributed by atoms with Gasteiger partial charge in [-0.25, -0.2) is 4.79 Å². The fourth-order valence-corrected chi connectivity index (χ4v) is 1.63. The number of carbonyl (C=O) groups excluding carboxylic acids is 1. The molecule has 2 rings (SSSR count). The van der Waals surface area contributed by atoms with E-state index in [1.165, 1.54) is 13.2 Å². The molecule has 0 fully saturated rings. The first-order chi connectivity index (χ1) is 7.31. The van der Waals surface area contributed by atoms with Gasteiger partial charge in [-0.2, -0.15) is 0 Å². The number of carbonyl (C=O) groups is 1. The predicted octanol–water partition coefficient (Wildman–Crippen LogP) is 1.77. The summed E-state index contributed by atoms with van der Waals surface area (Å²) in [6.45, 7) is 1.07. The Morgan fingerprint density at radius 3 is 3.00 bits per heavy atom. The van der Waals surface area contributed by atoms with E-state index in [9.17, 15) is 4.79 Å². The summed E-state index contributed by atoms with van der Waals surface area (Å²) >= 11 is 0. The van der Waals surface area contributed by atoms with Gasteiger partial charge >= 0.3 is 5.97 Å². The van der Waals surface area contributed by atoms with E-state index in [-0.39, 0.29) is 5.97 Å². The van der Waals surface area contributed by atoms with Crippen LogP contribution in [0, 0.1) is 0 Å². The van der Waals surface area contributed by atoms with E-state index >= 15 is 0 Å². The number of ether oxygens (including phenoxy) is 2. The highest BCUT2D eigenvalue weighted by atomic mass is 16.5. The fraction of sp³-hybridized carbons (Fsp3) is 0.250. The molecule has 78 valence electrons. The third-order valence-electron chi connectivity index (χ3n) is 2.37. The van der Waals surface area contributed by atoms with Crippen LogP contribution in [0.3, 0.4) is 0 Å². The second-order valence-electron chi connectivity index (χ2n) is 3.34. The SMILES string of the molecule is COC(=O)/C=C1/COCc2ccccc21. The average Bonchev–Trinajstić information content (AvgIpc) is 2.29. The number of benzene rings is 1. The van der Waals surface area contributed by atoms with Gasteiger partial charge in [0.15, 0.2) is 0 Å². The molecule has 3 heteroatoms. The van der Waals surface area contributed by atoms with Crippen LogP contribution in [0.4, 0.5) is 0 Å². The highest BCUT2D eigenvalue weighted by Crippen LogP contribution is 2.25. The molecule has 0 aromatic heterocycles. The van der Waals surface area contributed by atoms with Crippen molar-refractivity contribution in [3.63, 3.8) is 0 Å². The minimum Gasteiger partial charge on any atom is -0.466 e. The molecule has 0 N–H and O–H groups in total. The van der Waals surface area contributed by atoms with Gasteiger partial charge in [-0.15, -0.1) is 0 Å². The molecular weight excluding hydrogens is 192 g/mol. The summed E-state index contributed by atoms with van der Waals surface area (Å²) < 4.78 is 9.97. The predicted molar refractivity (Wildman–Crippen MR) is 56.1 cm³/mol. The van der Waals surface area contributed by atoms with Gasteiger partial charge in [0.25, 0.3) is 0 Å². The molecule has 0 unspecified atom stereocenters. The Bertz CT molecular complexity index is 407. The van der Waals surface area contributed by atoms with Crippen LogP contribution in [-0.4, -0.2) is 19.7 Å². The van der Waals surface area contributed by atoms with E-state index in [0.717, 1.165) is 16.7 Å². The Morgan fingerprint density at radius 2 is 2.20 bits per heavy atom. The smallest absolute Gasteiger partial charge is 0.330 e. The molecule has 0 aliphatic carbocycles. The highest BCUT2D eigenvalue weighted by molar-refractivity contribution is 5.92. The molecule has 0 radical (unpaired) electrons. The molecule has 1 aliphatic rings. The van der Waals surface area contributed by atoms with E-state index in [0.29, 0.717) is 13.2 Å². The van der Waals surface area contributed by atoms with Crippen molar-refractivity contribution < 1.29 is 14.3 Å². The lowest BCUT2D eigenvalue weighted by atomic mass is 9.98. The summed E-state index contributed by atoms with van der Waals surface area (Å²) in [5.74, 6) is -0.342. The first-order valence-corrected chi connectivity index (χ1v) is 4.76. The summed E-state index contributed by atoms with van der Waals surface area (Å²) in [4.78, 5) is 11.1. The van der Waals surface area contributed by atoms with Crippen LogP contribution < -0.4 is 0 Å². The van der Waals surface area contributed by atoms with Crippen LogP contribution >= 0.6 is 0 Å². The van der Waals surface area contributed by atoms with E-state index in [1.807, 2.05) is 24.3 Å². The second-order valence-corrected chi connectivity index (χ2v) is 3.34. The summed E-state index contributed by atoms with van der Waals surface area (Å²) in [6, 6.07) is 7.91. The summed E-state index contributed by atoms with van der Waals surface area (Å²) in [6.07, 6.45) is 1.48. The lowest BCUT2D eigenvalue weighted by Gasteiger charge is -2.18. The molecule has 0 saturated heterocycles. The van der Waals surface area contributed by atoms with Gasteiger partial charge in [0.05, 0.1) is 20.3 Å². The number of esters is 1. The van der Waals surface area contributed by atoms with Crippen LogP contribution in [-0.2, 0) is 20.9 Å². The summed E-state index contributed by atoms with van der Waals surface area (Å²) in [5.41, 5.74) is 3.07. The second kappa shape index (κ2) is 4.28. The molecule has 0 amide bonds. The largest absolute Gasteiger partial charge is 0.466 e. The molecule has 0 saturated carbocycles. The van der Waals surface area contributed by atoms with Crippen molar-refractivity contribution in [1.82, 2.24) is 0 Å². The Kier molecular flexibility index (Phi) is 2.83. The Labute approximate surface area is 88.3 Å². The lowest BCUT2D eigenvalue weighted by molar-refractivity contribution is -0.134. The van der Waals surface area contributed by atoms with Crippen molar-refractivity contribution >= 4 is 11.5 Å².